The van der Waals surface area contributed by atoms with Crippen LogP contribution in [0.25, 0.3) is 0 Å². The summed E-state index contributed by atoms with van der Waals surface area (Å²) >= 11 is 1.04. The number of ether oxygens (including phenoxy) is 3. The van der Waals surface area contributed by atoms with Crippen molar-refractivity contribution in [3.8, 4) is 17.2 Å². The van der Waals surface area contributed by atoms with Gasteiger partial charge in [-0.2, -0.15) is 5.10 Å². The summed E-state index contributed by atoms with van der Waals surface area (Å²) in [5, 5.41) is 18.6. The van der Waals surface area contributed by atoms with E-state index in [0.29, 0.717) is 22.8 Å². The predicted octanol–water partition coefficient (Wildman–Crippen LogP) is 0.820. The number of aliphatic carboxylic acids is 1. The van der Waals surface area contributed by atoms with E-state index in [0.717, 1.165) is 11.8 Å². The highest BCUT2D eigenvalue weighted by Crippen LogP contribution is 2.41. The zero-order valence-electron chi connectivity index (χ0n) is 12.5. The number of carboxylic acids is 1. The van der Waals surface area contributed by atoms with Gasteiger partial charge in [-0.1, -0.05) is 11.8 Å². The molecule has 2 N–H and O–H groups in total. The summed E-state index contributed by atoms with van der Waals surface area (Å²) in [6.07, 6.45) is 1.20. The normalized spacial score (nSPS) is 20.6. The van der Waals surface area contributed by atoms with E-state index < -0.39 is 11.2 Å². The van der Waals surface area contributed by atoms with E-state index in [4.69, 9.17) is 19.3 Å². The van der Waals surface area contributed by atoms with Crippen molar-refractivity contribution in [2.24, 2.45) is 10.2 Å². The zero-order valence-corrected chi connectivity index (χ0v) is 13.3. The second kappa shape index (κ2) is 6.79. The number of amidine groups is 1. The lowest BCUT2D eigenvalue weighted by atomic mass is 10.2. The lowest BCUT2D eigenvalue weighted by Crippen LogP contribution is -2.26. The molecule has 9 nitrogen and oxygen atoms in total. The van der Waals surface area contributed by atoms with Gasteiger partial charge in [-0.05, 0) is 12.1 Å². The number of methoxy groups -OCH3 is 1. The van der Waals surface area contributed by atoms with E-state index in [-0.39, 0.29) is 24.3 Å². The molecule has 1 aromatic carbocycles. The van der Waals surface area contributed by atoms with Gasteiger partial charge in [0.25, 0.3) is 0 Å². The highest BCUT2D eigenvalue weighted by Gasteiger charge is 2.32. The van der Waals surface area contributed by atoms with E-state index in [1.165, 1.54) is 13.3 Å². The standard InChI is InChI=1S/C14H13N3O6S/c1-21-8-2-7(3-9-12(8)23-6-22-9)5-15-17-14-16-13(20)10(24-14)4-11(18)19/h2-3,5,10H,4,6H2,1H3,(H,18,19)(H,16,17,20). The average molecular weight is 351 g/mol. The molecule has 0 aromatic heterocycles. The quantitative estimate of drug-likeness (QED) is 0.595. The first-order valence-corrected chi connectivity index (χ1v) is 7.72. The minimum atomic E-state index is -1.04. The molecule has 1 saturated heterocycles. The molecule has 1 fully saturated rings. The molecule has 24 heavy (non-hydrogen) atoms. The highest BCUT2D eigenvalue weighted by molar-refractivity contribution is 8.15. The Hall–Kier alpha value is -2.75. The monoisotopic (exact) mass is 351 g/mol. The Labute approximate surface area is 140 Å². The topological polar surface area (TPSA) is 119 Å². The Kier molecular flexibility index (Phi) is 4.56. The molecule has 3 rings (SSSR count). The summed E-state index contributed by atoms with van der Waals surface area (Å²) in [6.45, 7) is 0.127. The molecule has 2 aliphatic rings. The number of nitrogens with zero attached hydrogens (tertiary/aromatic N) is 2. The first-order chi connectivity index (χ1) is 11.6. The lowest BCUT2D eigenvalue weighted by Gasteiger charge is -2.05. The van der Waals surface area contributed by atoms with E-state index in [1.54, 1.807) is 12.1 Å². The molecule has 2 heterocycles. The first-order valence-electron chi connectivity index (χ1n) is 6.85. The van der Waals surface area contributed by atoms with Crippen LogP contribution in [0.2, 0.25) is 0 Å². The Morgan fingerprint density at radius 1 is 1.54 bits per heavy atom. The second-order valence-electron chi connectivity index (χ2n) is 4.80. The maximum atomic E-state index is 11.6. The summed E-state index contributed by atoms with van der Waals surface area (Å²) in [7, 11) is 1.52. The minimum Gasteiger partial charge on any atom is -0.493 e. The van der Waals surface area contributed by atoms with Gasteiger partial charge in [0, 0.05) is 5.56 Å². The summed E-state index contributed by atoms with van der Waals surface area (Å²) in [6, 6.07) is 3.44. The van der Waals surface area contributed by atoms with Crippen LogP contribution in [-0.2, 0) is 9.59 Å². The number of carbonyl (C=O) groups is 2. The number of benzene rings is 1. The molecule has 10 heteroatoms. The van der Waals surface area contributed by atoms with E-state index >= 15 is 0 Å². The average Bonchev–Trinajstić information content (AvgIpc) is 3.13. The van der Waals surface area contributed by atoms with Gasteiger partial charge in [0.2, 0.25) is 18.4 Å². The van der Waals surface area contributed by atoms with Crippen molar-refractivity contribution in [1.82, 2.24) is 5.32 Å². The molecule has 0 radical (unpaired) electrons. The Morgan fingerprint density at radius 3 is 3.12 bits per heavy atom. The maximum absolute atomic E-state index is 11.6. The number of carbonyl (C=O) groups excluding carboxylic acids is 1. The number of amides is 1. The fraction of sp³-hybridized carbons (Fsp3) is 0.286. The molecule has 126 valence electrons. The molecule has 1 unspecified atom stereocenters. The molecule has 1 aromatic rings. The van der Waals surface area contributed by atoms with Crippen molar-refractivity contribution in [3.63, 3.8) is 0 Å². The number of carboxylic acid groups (broad SMARTS) is 1. The number of rotatable bonds is 5. The van der Waals surface area contributed by atoms with Crippen LogP contribution < -0.4 is 19.5 Å². The predicted molar refractivity (Wildman–Crippen MR) is 85.9 cm³/mol. The van der Waals surface area contributed by atoms with Crippen molar-refractivity contribution < 1.29 is 28.9 Å². The zero-order chi connectivity index (χ0) is 17.1. The Bertz CT molecular complexity index is 748. The summed E-state index contributed by atoms with van der Waals surface area (Å²) in [4.78, 5) is 22.3. The third kappa shape index (κ3) is 3.43. The molecular formula is C14H13N3O6S. The number of fused-ring (bicyclic) bond motifs is 1. The van der Waals surface area contributed by atoms with E-state index in [9.17, 15) is 9.59 Å². The molecule has 1 amide bonds. The Morgan fingerprint density at radius 2 is 2.38 bits per heavy atom. The third-order valence-electron chi connectivity index (χ3n) is 3.17. The molecule has 0 bridgehead atoms. The Balaban J connectivity index is 1.71. The smallest absolute Gasteiger partial charge is 0.305 e. The SMILES string of the molecule is COc1cc(C=NN=C2NC(=O)C(CC(=O)O)S2)cc2c1OCO2. The number of nitrogens with one attached hydrogen (secondary N) is 1. The van der Waals surface area contributed by atoms with Crippen molar-refractivity contribution in [2.45, 2.75) is 11.7 Å². The van der Waals surface area contributed by atoms with Crippen LogP contribution >= 0.6 is 11.8 Å². The number of thioether (sulfide) groups is 1. The van der Waals surface area contributed by atoms with E-state index in [2.05, 4.69) is 15.5 Å². The van der Waals surface area contributed by atoms with Crippen LogP contribution in [0.15, 0.2) is 22.3 Å². The van der Waals surface area contributed by atoms with Gasteiger partial charge >= 0.3 is 5.97 Å². The second-order valence-corrected chi connectivity index (χ2v) is 5.99. The van der Waals surface area contributed by atoms with Crippen LogP contribution in [0, 0.1) is 0 Å². The maximum Gasteiger partial charge on any atom is 0.305 e. The van der Waals surface area contributed by atoms with Gasteiger partial charge in [0.05, 0.1) is 19.7 Å². The summed E-state index contributed by atoms with van der Waals surface area (Å²) in [5.41, 5.74) is 0.678. The number of hydrogen-bond donors (Lipinski definition) is 2. The van der Waals surface area contributed by atoms with Crippen molar-refractivity contribution >= 4 is 35.0 Å². The van der Waals surface area contributed by atoms with Gasteiger partial charge in [0.15, 0.2) is 16.7 Å². The van der Waals surface area contributed by atoms with Crippen molar-refractivity contribution in [1.29, 1.82) is 0 Å². The largest absolute Gasteiger partial charge is 0.493 e. The van der Waals surface area contributed by atoms with Crippen LogP contribution in [-0.4, -0.2) is 47.5 Å². The molecular weight excluding hydrogens is 338 g/mol. The minimum absolute atomic E-state index is 0.127. The van der Waals surface area contributed by atoms with Gasteiger partial charge < -0.3 is 24.6 Å². The van der Waals surface area contributed by atoms with Gasteiger partial charge in [0.1, 0.15) is 5.25 Å². The molecule has 0 spiro atoms. The van der Waals surface area contributed by atoms with Gasteiger partial charge in [-0.25, -0.2) is 0 Å². The van der Waals surface area contributed by atoms with Crippen molar-refractivity contribution in [2.75, 3.05) is 13.9 Å². The van der Waals surface area contributed by atoms with Crippen LogP contribution in [0.5, 0.6) is 17.2 Å². The fourth-order valence-corrected chi connectivity index (χ4v) is 3.03. The molecule has 2 aliphatic heterocycles. The summed E-state index contributed by atoms with van der Waals surface area (Å²) in [5.74, 6) is 0.176. The summed E-state index contributed by atoms with van der Waals surface area (Å²) < 4.78 is 15.8. The molecule has 1 atom stereocenters. The van der Waals surface area contributed by atoms with Crippen LogP contribution in [0.4, 0.5) is 0 Å². The highest BCUT2D eigenvalue weighted by atomic mass is 32.2. The van der Waals surface area contributed by atoms with E-state index in [1.807, 2.05) is 0 Å². The van der Waals surface area contributed by atoms with Gasteiger partial charge in [-0.3, -0.25) is 9.59 Å². The van der Waals surface area contributed by atoms with Gasteiger partial charge in [-0.15, -0.1) is 5.10 Å². The van der Waals surface area contributed by atoms with Crippen molar-refractivity contribution in [3.05, 3.63) is 17.7 Å². The molecule has 0 aliphatic carbocycles. The number of hydrogen-bond acceptors (Lipinski definition) is 8. The lowest BCUT2D eigenvalue weighted by molar-refractivity contribution is -0.138. The molecule has 0 saturated carbocycles. The van der Waals surface area contributed by atoms with Crippen LogP contribution in [0.3, 0.4) is 0 Å². The first kappa shape index (κ1) is 16.1. The third-order valence-corrected chi connectivity index (χ3v) is 4.24. The fourth-order valence-electron chi connectivity index (χ4n) is 2.12. The van der Waals surface area contributed by atoms with Crippen LogP contribution in [0.1, 0.15) is 12.0 Å².